The number of carbonyl (C=O) groups excluding carboxylic acids is 2. The number of nitrogens with zero attached hydrogens (tertiary/aromatic N) is 2. The number of ether oxygens (including phenoxy) is 1. The Hall–Kier alpha value is -3.20. The molecular weight excluding hydrogens is 395 g/mol. The van der Waals surface area contributed by atoms with Crippen LogP contribution in [0.25, 0.3) is 10.2 Å². The van der Waals surface area contributed by atoms with E-state index in [0.29, 0.717) is 24.0 Å². The average Bonchev–Trinajstić information content (AvgIpc) is 3.24. The van der Waals surface area contributed by atoms with Gasteiger partial charge < -0.3 is 15.0 Å². The van der Waals surface area contributed by atoms with Crippen LogP contribution in [0, 0.1) is 5.82 Å². The fraction of sp³-hybridized carbons (Fsp3) is 0.250. The molecule has 2 N–H and O–H groups in total. The number of urea groups is 1. The lowest BCUT2D eigenvalue weighted by Crippen LogP contribution is -2.39. The quantitative estimate of drug-likeness (QED) is 0.666. The average molecular weight is 414 g/mol. The molecule has 2 heterocycles. The largest absolute Gasteiger partial charge is 0.494 e. The molecule has 2 aromatic carbocycles. The van der Waals surface area contributed by atoms with Crippen molar-refractivity contribution < 1.29 is 18.7 Å². The van der Waals surface area contributed by atoms with Crippen LogP contribution in [0.4, 0.5) is 20.0 Å². The van der Waals surface area contributed by atoms with E-state index in [0.717, 1.165) is 16.0 Å². The van der Waals surface area contributed by atoms with E-state index in [2.05, 4.69) is 15.6 Å². The van der Waals surface area contributed by atoms with Gasteiger partial charge in [0, 0.05) is 18.7 Å². The molecule has 29 heavy (non-hydrogen) atoms. The number of hydrogen-bond donors (Lipinski definition) is 2. The van der Waals surface area contributed by atoms with Crippen LogP contribution in [0.1, 0.15) is 13.3 Å². The maximum Gasteiger partial charge on any atom is 0.321 e. The second-order valence-electron chi connectivity index (χ2n) is 6.56. The minimum Gasteiger partial charge on any atom is -0.494 e. The molecule has 0 saturated carbocycles. The fourth-order valence-electron chi connectivity index (χ4n) is 3.21. The van der Waals surface area contributed by atoms with Gasteiger partial charge in [-0.15, -0.1) is 0 Å². The summed E-state index contributed by atoms with van der Waals surface area (Å²) in [5.41, 5.74) is 1.38. The summed E-state index contributed by atoms with van der Waals surface area (Å²) in [6.45, 7) is 2.82. The number of fused-ring (bicyclic) bond motifs is 1. The van der Waals surface area contributed by atoms with Crippen molar-refractivity contribution in [1.29, 1.82) is 0 Å². The predicted octanol–water partition coefficient (Wildman–Crippen LogP) is 3.76. The fourth-order valence-corrected chi connectivity index (χ4v) is 4.10. The first-order valence-corrected chi connectivity index (χ1v) is 10.0. The minimum absolute atomic E-state index is 0.120. The maximum atomic E-state index is 13.1. The number of carbonyl (C=O) groups is 2. The molecule has 1 saturated heterocycles. The zero-order valence-corrected chi connectivity index (χ0v) is 16.5. The van der Waals surface area contributed by atoms with E-state index >= 15 is 0 Å². The van der Waals surface area contributed by atoms with Crippen LogP contribution >= 0.6 is 11.3 Å². The highest BCUT2D eigenvalue weighted by atomic mass is 32.1. The number of nitrogens with one attached hydrogen (secondary N) is 2. The van der Waals surface area contributed by atoms with Gasteiger partial charge in [-0.1, -0.05) is 11.3 Å². The van der Waals surface area contributed by atoms with E-state index in [4.69, 9.17) is 4.74 Å². The molecule has 1 unspecified atom stereocenters. The second kappa shape index (κ2) is 8.04. The summed E-state index contributed by atoms with van der Waals surface area (Å²) < 4.78 is 19.5. The third-order valence-electron chi connectivity index (χ3n) is 4.49. The van der Waals surface area contributed by atoms with Gasteiger partial charge in [-0.2, -0.15) is 0 Å². The van der Waals surface area contributed by atoms with E-state index in [1.165, 1.54) is 28.4 Å². The van der Waals surface area contributed by atoms with Gasteiger partial charge in [-0.05, 0) is 49.4 Å². The summed E-state index contributed by atoms with van der Waals surface area (Å²) in [6, 6.07) is 10.5. The van der Waals surface area contributed by atoms with Crippen LogP contribution in [0.2, 0.25) is 0 Å². The lowest BCUT2D eigenvalue weighted by atomic mass is 10.2. The van der Waals surface area contributed by atoms with Gasteiger partial charge in [-0.3, -0.25) is 10.1 Å². The normalized spacial score (nSPS) is 16.3. The highest BCUT2D eigenvalue weighted by molar-refractivity contribution is 7.22. The molecule has 1 aliphatic rings. The molecule has 1 fully saturated rings. The molecule has 0 aliphatic carbocycles. The van der Waals surface area contributed by atoms with Crippen molar-refractivity contribution >= 4 is 44.3 Å². The van der Waals surface area contributed by atoms with E-state index in [1.807, 2.05) is 25.1 Å². The van der Waals surface area contributed by atoms with Gasteiger partial charge >= 0.3 is 6.03 Å². The van der Waals surface area contributed by atoms with Crippen molar-refractivity contribution in [3.8, 4) is 5.75 Å². The Morgan fingerprint density at radius 3 is 2.86 bits per heavy atom. The van der Waals surface area contributed by atoms with E-state index in [1.54, 1.807) is 12.1 Å². The van der Waals surface area contributed by atoms with Crippen molar-refractivity contribution in [1.82, 2.24) is 10.3 Å². The molecule has 9 heteroatoms. The number of thiazole rings is 1. The van der Waals surface area contributed by atoms with Gasteiger partial charge in [0.1, 0.15) is 11.6 Å². The number of aromatic nitrogens is 1. The van der Waals surface area contributed by atoms with Crippen molar-refractivity contribution in [3.63, 3.8) is 0 Å². The molecule has 7 nitrogen and oxygen atoms in total. The number of hydrogen-bond acceptors (Lipinski definition) is 5. The SMILES string of the molecule is CCOc1ccc2nc(NC(=O)NC3CC(=O)N(c4ccc(F)cc4)C3)sc2c1. The Morgan fingerprint density at radius 1 is 1.31 bits per heavy atom. The lowest BCUT2D eigenvalue weighted by Gasteiger charge is -2.17. The van der Waals surface area contributed by atoms with Gasteiger partial charge in [0.2, 0.25) is 5.91 Å². The van der Waals surface area contributed by atoms with Crippen LogP contribution < -0.4 is 20.3 Å². The zero-order chi connectivity index (χ0) is 20.4. The summed E-state index contributed by atoms with van der Waals surface area (Å²) in [5.74, 6) is 0.272. The van der Waals surface area contributed by atoms with Crippen LogP contribution in [0.15, 0.2) is 42.5 Å². The van der Waals surface area contributed by atoms with Crippen LogP contribution in [0.5, 0.6) is 5.75 Å². The zero-order valence-electron chi connectivity index (χ0n) is 15.6. The molecule has 4 rings (SSSR count). The molecule has 1 aliphatic heterocycles. The Morgan fingerprint density at radius 2 is 2.10 bits per heavy atom. The third kappa shape index (κ3) is 4.29. The number of amides is 3. The van der Waals surface area contributed by atoms with Gasteiger partial charge in [-0.25, -0.2) is 14.2 Å². The Labute approximate surface area is 170 Å². The molecule has 0 spiro atoms. The summed E-state index contributed by atoms with van der Waals surface area (Å²) in [5, 5.41) is 5.99. The van der Waals surface area contributed by atoms with Crippen molar-refractivity contribution in [2.45, 2.75) is 19.4 Å². The number of halogens is 1. The third-order valence-corrected chi connectivity index (χ3v) is 5.42. The number of benzene rings is 2. The molecule has 3 amide bonds. The van der Waals surface area contributed by atoms with Gasteiger partial charge in [0.15, 0.2) is 5.13 Å². The molecule has 1 aromatic heterocycles. The first-order valence-electron chi connectivity index (χ1n) is 9.18. The molecular formula is C20H19FN4O3S. The topological polar surface area (TPSA) is 83.6 Å². The monoisotopic (exact) mass is 414 g/mol. The van der Waals surface area contributed by atoms with E-state index in [-0.39, 0.29) is 24.2 Å². The highest BCUT2D eigenvalue weighted by Gasteiger charge is 2.31. The van der Waals surface area contributed by atoms with E-state index < -0.39 is 6.03 Å². The smallest absolute Gasteiger partial charge is 0.321 e. The maximum absolute atomic E-state index is 13.1. The standard InChI is InChI=1S/C20H19FN4O3S/c1-2-28-15-7-8-16-17(10-15)29-20(23-16)24-19(27)22-13-9-18(26)25(11-13)14-5-3-12(21)4-6-14/h3-8,10,13H,2,9,11H2,1H3,(H2,22,23,24,27). The van der Waals surface area contributed by atoms with Crippen molar-refractivity contribution in [3.05, 3.63) is 48.3 Å². The molecule has 1 atom stereocenters. The Bertz CT molecular complexity index is 1050. The summed E-state index contributed by atoms with van der Waals surface area (Å²) >= 11 is 1.35. The predicted molar refractivity (Wildman–Crippen MR) is 110 cm³/mol. The first kappa shape index (κ1) is 19.1. The highest BCUT2D eigenvalue weighted by Crippen LogP contribution is 2.29. The second-order valence-corrected chi connectivity index (χ2v) is 7.59. The molecule has 150 valence electrons. The lowest BCUT2D eigenvalue weighted by molar-refractivity contribution is -0.117. The minimum atomic E-state index is -0.423. The Kier molecular flexibility index (Phi) is 5.30. The van der Waals surface area contributed by atoms with Crippen molar-refractivity contribution in [2.24, 2.45) is 0 Å². The molecule has 0 bridgehead atoms. The summed E-state index contributed by atoms with van der Waals surface area (Å²) in [7, 11) is 0. The van der Waals surface area contributed by atoms with Gasteiger partial charge in [0.05, 0.1) is 22.9 Å². The summed E-state index contributed by atoms with van der Waals surface area (Å²) in [6.07, 6.45) is 0.183. The van der Waals surface area contributed by atoms with Crippen LogP contribution in [-0.4, -0.2) is 36.1 Å². The Balaban J connectivity index is 1.38. The van der Waals surface area contributed by atoms with E-state index in [9.17, 15) is 14.0 Å². The number of rotatable bonds is 5. The first-order chi connectivity index (χ1) is 14.0. The molecule has 0 radical (unpaired) electrons. The van der Waals surface area contributed by atoms with Crippen molar-refractivity contribution in [2.75, 3.05) is 23.4 Å². The van der Waals surface area contributed by atoms with Gasteiger partial charge in [0.25, 0.3) is 0 Å². The number of anilines is 2. The summed E-state index contributed by atoms with van der Waals surface area (Å²) in [4.78, 5) is 30.5. The van der Waals surface area contributed by atoms with Crippen LogP contribution in [0.3, 0.4) is 0 Å². The molecule has 3 aromatic rings. The van der Waals surface area contributed by atoms with Crippen LogP contribution in [-0.2, 0) is 4.79 Å².